The lowest BCUT2D eigenvalue weighted by atomic mass is 9.94. The summed E-state index contributed by atoms with van der Waals surface area (Å²) in [5, 5.41) is 2.71. The number of rotatable bonds is 6. The van der Waals surface area contributed by atoms with Crippen LogP contribution in [0.3, 0.4) is 0 Å². The molecule has 0 spiro atoms. The number of methoxy groups -OCH3 is 1. The second kappa shape index (κ2) is 9.03. The van der Waals surface area contributed by atoms with Crippen molar-refractivity contribution < 1.29 is 22.4 Å². The van der Waals surface area contributed by atoms with Gasteiger partial charge in [0.2, 0.25) is 15.9 Å². The molecular formula is C23H27N3O6S. The first kappa shape index (κ1) is 23.1. The number of aromatic nitrogens is 1. The zero-order valence-electron chi connectivity index (χ0n) is 18.8. The highest BCUT2D eigenvalue weighted by Gasteiger charge is 2.32. The summed E-state index contributed by atoms with van der Waals surface area (Å²) in [6.45, 7) is 4.70. The molecule has 1 fully saturated rings. The Balaban J connectivity index is 1.59. The number of hydrogen-bond donors (Lipinski definition) is 1. The molecule has 1 aliphatic rings. The normalized spacial score (nSPS) is 19.5. The number of para-hydroxylation sites is 2. The van der Waals surface area contributed by atoms with Gasteiger partial charge in [-0.15, -0.1) is 0 Å². The number of amides is 1. The van der Waals surface area contributed by atoms with Crippen molar-refractivity contribution in [3.8, 4) is 5.75 Å². The number of hydrogen-bond acceptors (Lipinski definition) is 6. The highest BCUT2D eigenvalue weighted by atomic mass is 32.2. The fourth-order valence-corrected chi connectivity index (χ4v) is 6.08. The fourth-order valence-electron chi connectivity index (χ4n) is 4.39. The fraction of sp³-hybridized carbons (Fsp3) is 0.391. The van der Waals surface area contributed by atoms with Crippen molar-refractivity contribution in [2.45, 2.75) is 31.7 Å². The number of anilines is 1. The van der Waals surface area contributed by atoms with Gasteiger partial charge in [-0.2, -0.15) is 4.31 Å². The van der Waals surface area contributed by atoms with Crippen molar-refractivity contribution in [1.82, 2.24) is 8.87 Å². The maximum atomic E-state index is 13.2. The van der Waals surface area contributed by atoms with E-state index in [4.69, 9.17) is 9.15 Å². The van der Waals surface area contributed by atoms with E-state index in [9.17, 15) is 18.0 Å². The summed E-state index contributed by atoms with van der Waals surface area (Å²) in [4.78, 5) is 25.1. The van der Waals surface area contributed by atoms with Crippen LogP contribution < -0.4 is 15.8 Å². The van der Waals surface area contributed by atoms with E-state index in [1.165, 1.54) is 34.2 Å². The minimum absolute atomic E-state index is 0.0654. The van der Waals surface area contributed by atoms with Gasteiger partial charge in [-0.05, 0) is 42.5 Å². The molecule has 0 bridgehead atoms. The Bertz CT molecular complexity index is 1330. The van der Waals surface area contributed by atoms with E-state index in [2.05, 4.69) is 5.32 Å². The number of oxazole rings is 1. The quantitative estimate of drug-likeness (QED) is 0.589. The maximum Gasteiger partial charge on any atom is 0.420 e. The Kier molecular flexibility index (Phi) is 6.31. The lowest BCUT2D eigenvalue weighted by Crippen LogP contribution is -2.42. The summed E-state index contributed by atoms with van der Waals surface area (Å²) in [6, 6.07) is 11.2. The van der Waals surface area contributed by atoms with Crippen LogP contribution >= 0.6 is 0 Å². The van der Waals surface area contributed by atoms with Crippen molar-refractivity contribution in [3.05, 3.63) is 53.0 Å². The van der Waals surface area contributed by atoms with Gasteiger partial charge in [0.05, 0.1) is 23.2 Å². The molecule has 176 valence electrons. The minimum Gasteiger partial charge on any atom is -0.495 e. The molecule has 9 nitrogen and oxygen atoms in total. The first-order chi connectivity index (χ1) is 15.7. The molecule has 4 rings (SSSR count). The molecule has 0 unspecified atom stereocenters. The Labute approximate surface area is 192 Å². The molecule has 0 radical (unpaired) electrons. The molecular weight excluding hydrogens is 446 g/mol. The van der Waals surface area contributed by atoms with Crippen molar-refractivity contribution in [2.75, 3.05) is 25.5 Å². The highest BCUT2D eigenvalue weighted by molar-refractivity contribution is 7.89. The van der Waals surface area contributed by atoms with Crippen LogP contribution in [0.1, 0.15) is 20.3 Å². The van der Waals surface area contributed by atoms with Gasteiger partial charge in [0.25, 0.3) is 0 Å². The number of sulfonamides is 1. The van der Waals surface area contributed by atoms with E-state index in [1.807, 2.05) is 13.8 Å². The standard InChI is InChI=1S/C23H27N3O6S/c1-15-10-16(2)13-25(12-15)33(29,30)17-8-9-19-21(11-17)32-23(28)26(19)14-22(27)24-18-6-4-5-7-20(18)31-3/h4-9,11,15-16H,10,12-14H2,1-3H3,(H,24,27)/t15-,16+. The molecule has 1 saturated heterocycles. The molecule has 1 aromatic heterocycles. The predicted molar refractivity (Wildman–Crippen MR) is 124 cm³/mol. The number of carbonyl (C=O) groups excluding carboxylic acids is 1. The highest BCUT2D eigenvalue weighted by Crippen LogP contribution is 2.28. The molecule has 0 saturated carbocycles. The van der Waals surface area contributed by atoms with Crippen LogP contribution in [-0.4, -0.2) is 43.4 Å². The number of carbonyl (C=O) groups is 1. The first-order valence-electron chi connectivity index (χ1n) is 10.8. The number of ether oxygens (including phenoxy) is 1. The van der Waals surface area contributed by atoms with Crippen molar-refractivity contribution >= 4 is 32.7 Å². The van der Waals surface area contributed by atoms with Crippen LogP contribution in [0.25, 0.3) is 11.1 Å². The topological polar surface area (TPSA) is 111 Å². The lowest BCUT2D eigenvalue weighted by Gasteiger charge is -2.34. The van der Waals surface area contributed by atoms with Crippen LogP contribution in [0, 0.1) is 11.8 Å². The summed E-state index contributed by atoms with van der Waals surface area (Å²) in [6.07, 6.45) is 0.986. The number of benzene rings is 2. The number of fused-ring (bicyclic) bond motifs is 1. The largest absolute Gasteiger partial charge is 0.495 e. The summed E-state index contributed by atoms with van der Waals surface area (Å²) in [5.41, 5.74) is 0.933. The number of piperidine rings is 1. The maximum absolute atomic E-state index is 13.2. The average molecular weight is 474 g/mol. The van der Waals surface area contributed by atoms with Gasteiger partial charge in [0, 0.05) is 19.2 Å². The molecule has 1 N–H and O–H groups in total. The molecule has 1 amide bonds. The third kappa shape index (κ3) is 4.67. The third-order valence-corrected chi connectivity index (χ3v) is 7.62. The Morgan fingerprint density at radius 3 is 2.55 bits per heavy atom. The zero-order valence-corrected chi connectivity index (χ0v) is 19.6. The van der Waals surface area contributed by atoms with Gasteiger partial charge < -0.3 is 14.5 Å². The molecule has 10 heteroatoms. The van der Waals surface area contributed by atoms with Crippen LogP contribution in [-0.2, 0) is 21.4 Å². The summed E-state index contributed by atoms with van der Waals surface area (Å²) >= 11 is 0. The first-order valence-corrected chi connectivity index (χ1v) is 12.2. The van der Waals surface area contributed by atoms with E-state index in [0.717, 1.165) is 6.42 Å². The van der Waals surface area contributed by atoms with Gasteiger partial charge in [-0.25, -0.2) is 13.2 Å². The van der Waals surface area contributed by atoms with Gasteiger partial charge in [0.1, 0.15) is 12.3 Å². The number of nitrogens with zero attached hydrogens (tertiary/aromatic N) is 2. The average Bonchev–Trinajstić information content (AvgIpc) is 3.07. The lowest BCUT2D eigenvalue weighted by molar-refractivity contribution is -0.116. The molecule has 0 aliphatic carbocycles. The van der Waals surface area contributed by atoms with E-state index in [0.29, 0.717) is 30.0 Å². The van der Waals surface area contributed by atoms with Crippen LogP contribution in [0.4, 0.5) is 5.69 Å². The van der Waals surface area contributed by atoms with Crippen molar-refractivity contribution in [1.29, 1.82) is 0 Å². The molecule has 2 atom stereocenters. The van der Waals surface area contributed by atoms with Crippen molar-refractivity contribution in [2.24, 2.45) is 11.8 Å². The van der Waals surface area contributed by atoms with Crippen LogP contribution in [0.2, 0.25) is 0 Å². The Hall–Kier alpha value is -3.11. The Morgan fingerprint density at radius 1 is 1.15 bits per heavy atom. The molecule has 3 aromatic rings. The SMILES string of the molecule is COc1ccccc1NC(=O)Cn1c(=O)oc2cc(S(=O)(=O)N3C[C@H](C)C[C@H](C)C3)ccc21. The second-order valence-electron chi connectivity index (χ2n) is 8.60. The minimum atomic E-state index is -3.73. The Morgan fingerprint density at radius 2 is 1.85 bits per heavy atom. The smallest absolute Gasteiger partial charge is 0.420 e. The molecule has 33 heavy (non-hydrogen) atoms. The van der Waals surface area contributed by atoms with Gasteiger partial charge in [-0.1, -0.05) is 26.0 Å². The third-order valence-electron chi connectivity index (χ3n) is 5.80. The van der Waals surface area contributed by atoms with E-state index in [1.54, 1.807) is 24.3 Å². The molecule has 1 aliphatic heterocycles. The van der Waals surface area contributed by atoms with Crippen LogP contribution in [0.15, 0.2) is 56.6 Å². The van der Waals surface area contributed by atoms with Crippen LogP contribution in [0.5, 0.6) is 5.75 Å². The molecule has 2 aromatic carbocycles. The summed E-state index contributed by atoms with van der Waals surface area (Å²) in [7, 11) is -2.23. The van der Waals surface area contributed by atoms with Gasteiger partial charge in [-0.3, -0.25) is 9.36 Å². The number of nitrogens with one attached hydrogen (secondary N) is 1. The molecule has 2 heterocycles. The van der Waals surface area contributed by atoms with Gasteiger partial charge in [0.15, 0.2) is 5.58 Å². The summed E-state index contributed by atoms with van der Waals surface area (Å²) < 4.78 is 39.5. The van der Waals surface area contributed by atoms with E-state index in [-0.39, 0.29) is 28.9 Å². The second-order valence-corrected chi connectivity index (χ2v) is 10.5. The summed E-state index contributed by atoms with van der Waals surface area (Å²) in [5.74, 6) is -0.153. The van der Waals surface area contributed by atoms with Crippen molar-refractivity contribution in [3.63, 3.8) is 0 Å². The zero-order chi connectivity index (χ0) is 23.8. The van der Waals surface area contributed by atoms with Gasteiger partial charge >= 0.3 is 5.76 Å². The monoisotopic (exact) mass is 473 g/mol. The predicted octanol–water partition coefficient (Wildman–Crippen LogP) is 2.91. The van der Waals surface area contributed by atoms with E-state index < -0.39 is 21.7 Å². The van der Waals surface area contributed by atoms with E-state index >= 15 is 0 Å².